The highest BCUT2D eigenvalue weighted by Crippen LogP contribution is 2.26. The number of aryl methyl sites for hydroxylation is 1. The van der Waals surface area contributed by atoms with Crippen LogP contribution in [0.2, 0.25) is 0 Å². The smallest absolute Gasteiger partial charge is 0.324 e. The van der Waals surface area contributed by atoms with Gasteiger partial charge >= 0.3 is 5.00 Å². The highest BCUT2D eigenvalue weighted by atomic mass is 32.1. The van der Waals surface area contributed by atoms with E-state index in [4.69, 9.17) is 0 Å². The number of nitrogens with zero attached hydrogens (tertiary/aromatic N) is 3. The van der Waals surface area contributed by atoms with E-state index in [1.54, 1.807) is 36.1 Å². The molecule has 2 aromatic heterocycles. The summed E-state index contributed by atoms with van der Waals surface area (Å²) >= 11 is 0.792. The predicted molar refractivity (Wildman–Crippen MR) is 89.9 cm³/mol. The van der Waals surface area contributed by atoms with Gasteiger partial charge in [0.25, 0.3) is 5.91 Å². The summed E-state index contributed by atoms with van der Waals surface area (Å²) in [4.78, 5) is 27.2. The molecule has 0 spiro atoms. The molecule has 1 amide bonds. The molecular weight excluding hydrogens is 347 g/mol. The minimum atomic E-state index is -0.616. The lowest BCUT2D eigenvalue weighted by Gasteiger charge is -2.18. The van der Waals surface area contributed by atoms with Crippen molar-refractivity contribution < 1.29 is 14.1 Å². The van der Waals surface area contributed by atoms with Crippen molar-refractivity contribution in [2.24, 2.45) is 7.05 Å². The Bertz CT molecular complexity index is 920. The second-order valence-corrected chi connectivity index (χ2v) is 6.31. The number of amides is 1. The molecule has 0 aliphatic heterocycles. The van der Waals surface area contributed by atoms with Crippen molar-refractivity contribution in [3.63, 3.8) is 0 Å². The van der Waals surface area contributed by atoms with Crippen LogP contribution in [0.25, 0.3) is 0 Å². The van der Waals surface area contributed by atoms with E-state index in [-0.39, 0.29) is 15.7 Å². The van der Waals surface area contributed by atoms with Crippen LogP contribution in [-0.4, -0.2) is 20.4 Å². The summed E-state index contributed by atoms with van der Waals surface area (Å²) in [7, 11) is 1.78. The minimum absolute atomic E-state index is 0.111. The van der Waals surface area contributed by atoms with E-state index >= 15 is 0 Å². The number of halogens is 1. The summed E-state index contributed by atoms with van der Waals surface area (Å²) in [6.07, 6.45) is 3.32. The van der Waals surface area contributed by atoms with E-state index in [0.717, 1.165) is 11.3 Å². The van der Waals surface area contributed by atoms with E-state index in [9.17, 15) is 19.3 Å². The first-order chi connectivity index (χ1) is 12.0. The molecule has 128 valence electrons. The molecule has 25 heavy (non-hydrogen) atoms. The molecule has 3 aromatic rings. The van der Waals surface area contributed by atoms with Gasteiger partial charge in [-0.05, 0) is 23.8 Å². The van der Waals surface area contributed by atoms with Gasteiger partial charge in [-0.15, -0.1) is 0 Å². The van der Waals surface area contributed by atoms with Gasteiger partial charge in [0.1, 0.15) is 17.7 Å². The van der Waals surface area contributed by atoms with Gasteiger partial charge in [-0.3, -0.25) is 14.9 Å². The highest BCUT2D eigenvalue weighted by molar-refractivity contribution is 7.17. The number of aromatic nitrogens is 2. The Morgan fingerprint density at radius 1 is 1.32 bits per heavy atom. The first-order valence-corrected chi connectivity index (χ1v) is 8.05. The molecule has 0 bridgehead atoms. The van der Waals surface area contributed by atoms with E-state index in [1.165, 1.54) is 24.3 Å². The van der Waals surface area contributed by atoms with Gasteiger partial charge in [-0.25, -0.2) is 9.37 Å². The summed E-state index contributed by atoms with van der Waals surface area (Å²) < 4.78 is 14.9. The van der Waals surface area contributed by atoms with Crippen molar-refractivity contribution in [3.8, 4) is 0 Å². The molecule has 1 unspecified atom stereocenters. The van der Waals surface area contributed by atoms with E-state index in [2.05, 4.69) is 10.3 Å². The van der Waals surface area contributed by atoms with Crippen molar-refractivity contribution in [2.45, 2.75) is 6.04 Å². The minimum Gasteiger partial charge on any atom is -0.337 e. The molecule has 2 heterocycles. The number of imidazole rings is 1. The van der Waals surface area contributed by atoms with Crippen LogP contribution >= 0.6 is 11.3 Å². The van der Waals surface area contributed by atoms with E-state index in [0.29, 0.717) is 11.4 Å². The fourth-order valence-electron chi connectivity index (χ4n) is 2.36. The topological polar surface area (TPSA) is 90.1 Å². The van der Waals surface area contributed by atoms with Gasteiger partial charge in [-0.1, -0.05) is 23.5 Å². The Kier molecular flexibility index (Phi) is 4.57. The van der Waals surface area contributed by atoms with Crippen LogP contribution in [0, 0.1) is 15.9 Å². The molecule has 1 N–H and O–H groups in total. The quantitative estimate of drug-likeness (QED) is 0.559. The molecule has 3 rings (SSSR count). The number of hydrogen-bond acceptors (Lipinski definition) is 5. The SMILES string of the molecule is Cn1ccnc1C(NC(=O)c1ccc([N+](=O)[O-])s1)c1ccc(F)cc1. The molecule has 0 aliphatic carbocycles. The number of rotatable bonds is 5. The average molecular weight is 360 g/mol. The van der Waals surface area contributed by atoms with Gasteiger partial charge in [0.05, 0.1) is 9.80 Å². The van der Waals surface area contributed by atoms with E-state index < -0.39 is 16.9 Å². The number of carbonyl (C=O) groups excluding carboxylic acids is 1. The highest BCUT2D eigenvalue weighted by Gasteiger charge is 2.23. The number of thiophene rings is 1. The first kappa shape index (κ1) is 16.8. The van der Waals surface area contributed by atoms with E-state index in [1.807, 2.05) is 0 Å². The lowest BCUT2D eigenvalue weighted by Crippen LogP contribution is -2.30. The van der Waals surface area contributed by atoms with Crippen LogP contribution in [0.15, 0.2) is 48.8 Å². The lowest BCUT2D eigenvalue weighted by molar-refractivity contribution is -0.380. The van der Waals surface area contributed by atoms with Crippen LogP contribution < -0.4 is 5.32 Å². The number of nitro groups is 1. The van der Waals surface area contributed by atoms with Crippen LogP contribution in [0.4, 0.5) is 9.39 Å². The fourth-order valence-corrected chi connectivity index (χ4v) is 3.08. The van der Waals surface area contributed by atoms with Crippen LogP contribution in [-0.2, 0) is 7.05 Å². The molecule has 7 nitrogen and oxygen atoms in total. The Morgan fingerprint density at radius 3 is 2.60 bits per heavy atom. The summed E-state index contributed by atoms with van der Waals surface area (Å²) in [6.45, 7) is 0. The third-order valence-electron chi connectivity index (χ3n) is 3.59. The molecule has 9 heteroatoms. The zero-order chi connectivity index (χ0) is 18.0. The second kappa shape index (κ2) is 6.81. The van der Waals surface area contributed by atoms with Crippen LogP contribution in [0.5, 0.6) is 0 Å². The third kappa shape index (κ3) is 3.56. The summed E-state index contributed by atoms with van der Waals surface area (Å²) in [5.74, 6) is -0.288. The van der Waals surface area contributed by atoms with Gasteiger partial charge in [-0.2, -0.15) is 0 Å². The number of carbonyl (C=O) groups is 1. The standard InChI is InChI=1S/C16H13FN4O3S/c1-20-9-8-18-15(20)14(10-2-4-11(17)5-3-10)19-16(22)12-6-7-13(25-12)21(23)24/h2-9,14H,1H3,(H,19,22). The lowest BCUT2D eigenvalue weighted by atomic mass is 10.1. The van der Waals surface area contributed by atoms with Crippen molar-refractivity contribution in [1.29, 1.82) is 0 Å². The maximum Gasteiger partial charge on any atom is 0.324 e. The Hall–Kier alpha value is -3.07. The normalized spacial score (nSPS) is 11.9. The monoisotopic (exact) mass is 360 g/mol. The largest absolute Gasteiger partial charge is 0.337 e. The number of benzene rings is 1. The van der Waals surface area contributed by atoms with Gasteiger partial charge < -0.3 is 9.88 Å². The number of nitrogens with one attached hydrogen (secondary N) is 1. The van der Waals surface area contributed by atoms with Gasteiger partial charge in [0.2, 0.25) is 0 Å². The first-order valence-electron chi connectivity index (χ1n) is 7.23. The fraction of sp³-hybridized carbons (Fsp3) is 0.125. The average Bonchev–Trinajstić information content (AvgIpc) is 3.23. The summed E-state index contributed by atoms with van der Waals surface area (Å²) in [5, 5.41) is 13.5. The summed E-state index contributed by atoms with van der Waals surface area (Å²) in [6, 6.07) is 7.79. The van der Waals surface area contributed by atoms with Crippen LogP contribution in [0.3, 0.4) is 0 Å². The molecule has 1 atom stereocenters. The molecule has 0 fully saturated rings. The van der Waals surface area contributed by atoms with Gasteiger partial charge in [0, 0.05) is 25.5 Å². The zero-order valence-electron chi connectivity index (χ0n) is 13.0. The molecule has 0 saturated heterocycles. The van der Waals surface area contributed by atoms with Crippen molar-refractivity contribution >= 4 is 22.2 Å². The molecular formula is C16H13FN4O3S. The van der Waals surface area contributed by atoms with Gasteiger partial charge in [0.15, 0.2) is 0 Å². The Morgan fingerprint density at radius 2 is 2.04 bits per heavy atom. The Labute approximate surface area is 145 Å². The van der Waals surface area contributed by atoms with Crippen LogP contribution in [0.1, 0.15) is 27.1 Å². The van der Waals surface area contributed by atoms with Crippen molar-refractivity contribution in [1.82, 2.24) is 14.9 Å². The molecule has 0 aliphatic rings. The van der Waals surface area contributed by atoms with Crippen molar-refractivity contribution in [3.05, 3.63) is 81.0 Å². The molecule has 0 radical (unpaired) electrons. The maximum atomic E-state index is 13.2. The molecule has 1 aromatic carbocycles. The Balaban J connectivity index is 1.92. The zero-order valence-corrected chi connectivity index (χ0v) is 13.9. The number of hydrogen-bond donors (Lipinski definition) is 1. The maximum absolute atomic E-state index is 13.2. The predicted octanol–water partition coefficient (Wildman–Crippen LogP) is 3.05. The summed E-state index contributed by atoms with van der Waals surface area (Å²) in [5.41, 5.74) is 0.648. The molecule has 0 saturated carbocycles. The second-order valence-electron chi connectivity index (χ2n) is 5.25. The third-order valence-corrected chi connectivity index (χ3v) is 4.63. The van der Waals surface area contributed by atoms with Crippen molar-refractivity contribution in [2.75, 3.05) is 0 Å².